The monoisotopic (exact) mass is 477 g/mol. The third-order valence-corrected chi connectivity index (χ3v) is 5.94. The van der Waals surface area contributed by atoms with Crippen molar-refractivity contribution in [2.24, 2.45) is 5.41 Å². The summed E-state index contributed by atoms with van der Waals surface area (Å²) in [6.45, 7) is 4.48. The topological polar surface area (TPSA) is 167 Å². The predicted octanol–water partition coefficient (Wildman–Crippen LogP) is 0.301. The summed E-state index contributed by atoms with van der Waals surface area (Å²) in [5.41, 5.74) is 4.99. The quantitative estimate of drug-likeness (QED) is 0.410. The molecule has 1 saturated heterocycles. The minimum atomic E-state index is -1.05. The van der Waals surface area contributed by atoms with Gasteiger partial charge in [0.05, 0.1) is 24.3 Å². The lowest BCUT2D eigenvalue weighted by Gasteiger charge is -2.19. The maximum atomic E-state index is 13.6. The highest BCUT2D eigenvalue weighted by atomic mass is 16.6. The zero-order chi connectivity index (χ0) is 24.6. The van der Waals surface area contributed by atoms with Gasteiger partial charge in [-0.2, -0.15) is 4.98 Å². The predicted molar refractivity (Wildman–Crippen MR) is 115 cm³/mol. The molecule has 1 saturated carbocycles. The van der Waals surface area contributed by atoms with Gasteiger partial charge in [-0.05, 0) is 19.8 Å². The second kappa shape index (κ2) is 9.05. The van der Waals surface area contributed by atoms with Crippen molar-refractivity contribution in [3.05, 3.63) is 16.7 Å². The number of hydrogen-bond donors (Lipinski definition) is 1. The van der Waals surface area contributed by atoms with Gasteiger partial charge in [-0.1, -0.05) is 0 Å². The van der Waals surface area contributed by atoms with Gasteiger partial charge >= 0.3 is 23.6 Å². The Morgan fingerprint density at radius 1 is 1.24 bits per heavy atom. The highest BCUT2D eigenvalue weighted by Gasteiger charge is 2.52. The van der Waals surface area contributed by atoms with Crippen LogP contribution in [0.5, 0.6) is 0 Å². The van der Waals surface area contributed by atoms with Crippen molar-refractivity contribution < 1.29 is 33.3 Å². The number of ether oxygens (including phenoxy) is 4. The van der Waals surface area contributed by atoms with Gasteiger partial charge in [0.2, 0.25) is 5.95 Å². The lowest BCUT2D eigenvalue weighted by molar-refractivity contribution is -0.153. The minimum Gasteiger partial charge on any atom is -0.466 e. The molecule has 184 valence electrons. The number of carbonyl (C=O) groups is 3. The van der Waals surface area contributed by atoms with Crippen molar-refractivity contribution in [1.82, 2.24) is 19.1 Å². The summed E-state index contributed by atoms with van der Waals surface area (Å²) >= 11 is 0. The smallest absolute Gasteiger partial charge is 0.332 e. The number of hydrogen-bond acceptors (Lipinski definition) is 11. The van der Waals surface area contributed by atoms with Crippen LogP contribution in [0.25, 0.3) is 11.2 Å². The third-order valence-electron chi connectivity index (χ3n) is 5.94. The highest BCUT2D eigenvalue weighted by Crippen LogP contribution is 2.48. The molecule has 2 N–H and O–H groups in total. The lowest BCUT2D eigenvalue weighted by Crippen LogP contribution is -2.36. The molecule has 2 fully saturated rings. The van der Waals surface area contributed by atoms with Gasteiger partial charge in [-0.15, -0.1) is 0 Å². The molecule has 2 aromatic rings. The van der Waals surface area contributed by atoms with Crippen LogP contribution in [0.3, 0.4) is 0 Å². The van der Waals surface area contributed by atoms with Crippen LogP contribution in [-0.4, -0.2) is 62.4 Å². The molecular formula is C21H27N5O8. The molecule has 0 amide bonds. The number of anilines is 1. The summed E-state index contributed by atoms with van der Waals surface area (Å²) in [6, 6.07) is 0. The van der Waals surface area contributed by atoms with E-state index >= 15 is 0 Å². The SMILES string of the molecule is CCOC(=O)C1(Cn2c(=O)n([C@@H]3O[C@H](COC(C)=O)C[C@H]3OC(C)=O)c3nc(N)ncc32)CC1. The second-order valence-corrected chi connectivity index (χ2v) is 8.51. The fourth-order valence-electron chi connectivity index (χ4n) is 4.20. The molecule has 13 nitrogen and oxygen atoms in total. The molecule has 3 atom stereocenters. The first-order valence-corrected chi connectivity index (χ1v) is 11.0. The molecule has 0 aromatic carbocycles. The van der Waals surface area contributed by atoms with Crippen LogP contribution < -0.4 is 11.4 Å². The number of carbonyl (C=O) groups excluding carboxylic acids is 3. The Morgan fingerprint density at radius 2 is 1.97 bits per heavy atom. The van der Waals surface area contributed by atoms with Crippen LogP contribution in [0.15, 0.2) is 11.0 Å². The Labute approximate surface area is 194 Å². The Balaban J connectivity index is 1.75. The van der Waals surface area contributed by atoms with Crippen molar-refractivity contribution in [2.45, 2.75) is 65.0 Å². The summed E-state index contributed by atoms with van der Waals surface area (Å²) in [6.07, 6.45) is 0.269. The number of nitrogens with two attached hydrogens (primary N) is 1. The Morgan fingerprint density at radius 3 is 2.59 bits per heavy atom. The zero-order valence-corrected chi connectivity index (χ0v) is 19.2. The first kappa shape index (κ1) is 23.7. The van der Waals surface area contributed by atoms with Crippen molar-refractivity contribution in [2.75, 3.05) is 18.9 Å². The van der Waals surface area contributed by atoms with Crippen molar-refractivity contribution in [3.63, 3.8) is 0 Å². The number of esters is 3. The van der Waals surface area contributed by atoms with E-state index in [1.54, 1.807) is 6.92 Å². The molecule has 4 rings (SSSR count). The molecule has 34 heavy (non-hydrogen) atoms. The molecule has 0 radical (unpaired) electrons. The first-order chi connectivity index (χ1) is 16.1. The molecule has 0 spiro atoms. The van der Waals surface area contributed by atoms with E-state index in [-0.39, 0.29) is 43.7 Å². The van der Waals surface area contributed by atoms with E-state index in [9.17, 15) is 19.2 Å². The summed E-state index contributed by atoms with van der Waals surface area (Å²) in [5, 5.41) is 0. The first-order valence-electron chi connectivity index (χ1n) is 11.0. The van der Waals surface area contributed by atoms with Gasteiger partial charge in [-0.25, -0.2) is 14.3 Å². The normalized spacial score (nSPS) is 23.0. The van der Waals surface area contributed by atoms with E-state index in [0.29, 0.717) is 18.4 Å². The van der Waals surface area contributed by atoms with Gasteiger partial charge in [0.25, 0.3) is 0 Å². The number of rotatable bonds is 8. The van der Waals surface area contributed by atoms with Crippen molar-refractivity contribution >= 4 is 35.0 Å². The third kappa shape index (κ3) is 4.47. The van der Waals surface area contributed by atoms with Crippen molar-refractivity contribution in [1.29, 1.82) is 0 Å². The average molecular weight is 477 g/mol. The van der Waals surface area contributed by atoms with E-state index in [4.69, 9.17) is 24.7 Å². The number of nitrogens with zero attached hydrogens (tertiary/aromatic N) is 4. The van der Waals surface area contributed by atoms with Gasteiger partial charge in [-0.3, -0.25) is 19.0 Å². The van der Waals surface area contributed by atoms with Crippen LogP contribution >= 0.6 is 0 Å². The van der Waals surface area contributed by atoms with Crippen molar-refractivity contribution in [3.8, 4) is 0 Å². The van der Waals surface area contributed by atoms with Gasteiger partial charge in [0, 0.05) is 26.8 Å². The standard InChI is InChI=1S/C21H27N5O8/c1-4-31-18(29)21(5-6-21)10-25-14-8-23-19(22)24-16(14)26(20(25)30)17-15(33-12(3)28)7-13(34-17)9-32-11(2)27/h8,13,15,17H,4-7,9-10H2,1-3H3,(H2,22,23,24)/t13-,15+,17+/m0/s1. The van der Waals surface area contributed by atoms with Crippen LogP contribution in [-0.2, 0) is 39.9 Å². The summed E-state index contributed by atoms with van der Waals surface area (Å²) < 4.78 is 24.3. The second-order valence-electron chi connectivity index (χ2n) is 8.51. The van der Waals surface area contributed by atoms with Crippen LogP contribution in [0, 0.1) is 5.41 Å². The molecule has 0 unspecified atom stereocenters. The van der Waals surface area contributed by atoms with Crippen LogP contribution in [0.1, 0.15) is 46.3 Å². The number of imidazole rings is 1. The van der Waals surface area contributed by atoms with Gasteiger partial charge in [0.15, 0.2) is 11.9 Å². The molecule has 1 aliphatic carbocycles. The molecule has 0 bridgehead atoms. The van der Waals surface area contributed by atoms with E-state index in [1.807, 2.05) is 0 Å². The molecule has 1 aliphatic heterocycles. The molecule has 3 heterocycles. The number of aromatic nitrogens is 4. The number of nitrogen functional groups attached to an aromatic ring is 1. The fourth-order valence-corrected chi connectivity index (χ4v) is 4.20. The Kier molecular flexibility index (Phi) is 6.30. The largest absolute Gasteiger partial charge is 0.466 e. The van der Waals surface area contributed by atoms with E-state index < -0.39 is 41.5 Å². The minimum absolute atomic E-state index is 0.0663. The van der Waals surface area contributed by atoms with E-state index in [2.05, 4.69) is 9.97 Å². The van der Waals surface area contributed by atoms with Crippen LogP contribution in [0.4, 0.5) is 5.95 Å². The van der Waals surface area contributed by atoms with E-state index in [0.717, 1.165) is 0 Å². The molecule has 13 heteroatoms. The fraction of sp³-hybridized carbons (Fsp3) is 0.619. The summed E-state index contributed by atoms with van der Waals surface area (Å²) in [5.74, 6) is -1.48. The molecule has 2 aromatic heterocycles. The maximum absolute atomic E-state index is 13.6. The van der Waals surface area contributed by atoms with Gasteiger partial charge < -0.3 is 24.7 Å². The summed E-state index contributed by atoms with van der Waals surface area (Å²) in [4.78, 5) is 57.4. The van der Waals surface area contributed by atoms with Gasteiger partial charge in [0.1, 0.15) is 18.2 Å². The Hall–Kier alpha value is -3.48. The molecule has 2 aliphatic rings. The van der Waals surface area contributed by atoms with E-state index in [1.165, 1.54) is 29.2 Å². The Bertz CT molecular complexity index is 1180. The van der Waals surface area contributed by atoms with Crippen LogP contribution in [0.2, 0.25) is 0 Å². The number of fused-ring (bicyclic) bond motifs is 1. The maximum Gasteiger partial charge on any atom is 0.332 e. The lowest BCUT2D eigenvalue weighted by atomic mass is 10.1. The zero-order valence-electron chi connectivity index (χ0n) is 19.2. The summed E-state index contributed by atoms with van der Waals surface area (Å²) in [7, 11) is 0. The molecular weight excluding hydrogens is 450 g/mol. The highest BCUT2D eigenvalue weighted by molar-refractivity contribution is 5.80. The average Bonchev–Trinajstić information content (AvgIpc) is 3.39.